The molecule has 3 aromatic rings. The molecule has 1 N–H and O–H groups in total. The van der Waals surface area contributed by atoms with Crippen molar-refractivity contribution in [1.82, 2.24) is 9.88 Å². The number of benzene rings is 2. The van der Waals surface area contributed by atoms with Gasteiger partial charge in [-0.25, -0.2) is 8.78 Å². The standard InChI is InChI=1S/C30H36F2N2O3/c1-37-24-10-12-29-26(19-24)25(13-15-33-29)28(32)11-9-21-14-17-34(20-23(21)18-30(35)36)16-5-4-7-22-6-2-3-8-27(22)31/h2-3,6,8,10,12-13,15,19,21,23,28H,4-5,7,9,11,14,16-18,20H2,1H3,(H,35,36)/t21-,23+,28-/m1/s1. The highest BCUT2D eigenvalue weighted by Gasteiger charge is 2.31. The van der Waals surface area contributed by atoms with Crippen molar-refractivity contribution in [2.75, 3.05) is 26.7 Å². The largest absolute Gasteiger partial charge is 0.497 e. The van der Waals surface area contributed by atoms with Crippen molar-refractivity contribution in [2.24, 2.45) is 11.8 Å². The van der Waals surface area contributed by atoms with Crippen LogP contribution in [0.1, 0.15) is 55.8 Å². The van der Waals surface area contributed by atoms with E-state index in [1.54, 1.807) is 25.4 Å². The molecule has 0 amide bonds. The van der Waals surface area contributed by atoms with Crippen LogP contribution in [0.2, 0.25) is 0 Å². The van der Waals surface area contributed by atoms with Crippen LogP contribution in [0.4, 0.5) is 8.78 Å². The number of nitrogens with zero attached hydrogens (tertiary/aromatic N) is 2. The van der Waals surface area contributed by atoms with Crippen molar-refractivity contribution in [1.29, 1.82) is 0 Å². The molecule has 0 aliphatic carbocycles. The summed E-state index contributed by atoms with van der Waals surface area (Å²) in [5, 5.41) is 10.3. The van der Waals surface area contributed by atoms with E-state index < -0.39 is 12.1 Å². The molecule has 1 aliphatic rings. The number of unbranched alkanes of at least 4 members (excludes halogenated alkanes) is 1. The van der Waals surface area contributed by atoms with E-state index in [-0.39, 0.29) is 24.1 Å². The molecule has 0 radical (unpaired) electrons. The molecule has 1 aliphatic heterocycles. The number of methoxy groups -OCH3 is 1. The number of carbonyl (C=O) groups is 1. The number of aromatic nitrogens is 1. The lowest BCUT2D eigenvalue weighted by Crippen LogP contribution is -2.41. The number of likely N-dealkylation sites (tertiary alicyclic amines) is 1. The first-order chi connectivity index (χ1) is 17.9. The van der Waals surface area contributed by atoms with Crippen LogP contribution in [-0.4, -0.2) is 47.7 Å². The fraction of sp³-hybridized carbons (Fsp3) is 0.467. The summed E-state index contributed by atoms with van der Waals surface area (Å²) < 4.78 is 34.6. The summed E-state index contributed by atoms with van der Waals surface area (Å²) in [6, 6.07) is 14.1. The van der Waals surface area contributed by atoms with Gasteiger partial charge in [-0.05, 0) is 105 Å². The second kappa shape index (κ2) is 13.0. The van der Waals surface area contributed by atoms with Crippen LogP contribution >= 0.6 is 0 Å². The molecule has 198 valence electrons. The van der Waals surface area contributed by atoms with Gasteiger partial charge in [0.2, 0.25) is 0 Å². The van der Waals surface area contributed by atoms with Crippen molar-refractivity contribution < 1.29 is 23.4 Å². The zero-order valence-electron chi connectivity index (χ0n) is 21.4. The summed E-state index contributed by atoms with van der Waals surface area (Å²) in [7, 11) is 1.59. The summed E-state index contributed by atoms with van der Waals surface area (Å²) in [6.45, 7) is 2.46. The highest BCUT2D eigenvalue weighted by molar-refractivity contribution is 5.83. The van der Waals surface area contributed by atoms with E-state index in [1.165, 1.54) is 6.07 Å². The minimum Gasteiger partial charge on any atom is -0.497 e. The minimum atomic E-state index is -1.15. The van der Waals surface area contributed by atoms with Crippen LogP contribution in [0.25, 0.3) is 10.9 Å². The van der Waals surface area contributed by atoms with Crippen molar-refractivity contribution >= 4 is 16.9 Å². The third kappa shape index (κ3) is 7.25. The third-order valence-corrected chi connectivity index (χ3v) is 7.65. The predicted molar refractivity (Wildman–Crippen MR) is 141 cm³/mol. The Morgan fingerprint density at radius 2 is 2.03 bits per heavy atom. The molecule has 0 bridgehead atoms. The molecule has 1 saturated heterocycles. The Balaban J connectivity index is 1.31. The predicted octanol–water partition coefficient (Wildman–Crippen LogP) is 6.61. The number of hydrogen-bond acceptors (Lipinski definition) is 4. The van der Waals surface area contributed by atoms with E-state index in [0.717, 1.165) is 48.8 Å². The van der Waals surface area contributed by atoms with E-state index in [9.17, 15) is 14.3 Å². The van der Waals surface area contributed by atoms with Gasteiger partial charge in [0.1, 0.15) is 17.7 Å². The van der Waals surface area contributed by atoms with Crippen molar-refractivity contribution in [3.63, 3.8) is 0 Å². The van der Waals surface area contributed by atoms with E-state index in [0.29, 0.717) is 37.1 Å². The summed E-state index contributed by atoms with van der Waals surface area (Å²) in [5.41, 5.74) is 2.07. The van der Waals surface area contributed by atoms with Crippen molar-refractivity contribution in [2.45, 2.75) is 51.1 Å². The molecule has 0 unspecified atom stereocenters. The summed E-state index contributed by atoms with van der Waals surface area (Å²) >= 11 is 0. The van der Waals surface area contributed by atoms with Gasteiger partial charge >= 0.3 is 5.97 Å². The number of fused-ring (bicyclic) bond motifs is 1. The van der Waals surface area contributed by atoms with Gasteiger partial charge in [-0.15, -0.1) is 0 Å². The SMILES string of the molecule is COc1ccc2nccc([C@H](F)CC[C@@H]3CCN(CCCCc4ccccc4F)C[C@@H]3CC(=O)O)c2c1. The number of rotatable bonds is 12. The zero-order valence-corrected chi connectivity index (χ0v) is 21.4. The van der Waals surface area contributed by atoms with Gasteiger partial charge in [0.05, 0.1) is 12.6 Å². The van der Waals surface area contributed by atoms with Crippen LogP contribution in [-0.2, 0) is 11.2 Å². The van der Waals surface area contributed by atoms with Crippen LogP contribution in [0, 0.1) is 17.7 Å². The number of carboxylic acids is 1. The number of ether oxygens (including phenoxy) is 1. The number of piperidine rings is 1. The second-order valence-electron chi connectivity index (χ2n) is 10.1. The minimum absolute atomic E-state index is 0.000652. The maximum Gasteiger partial charge on any atom is 0.303 e. The van der Waals surface area contributed by atoms with Crippen molar-refractivity contribution in [3.05, 3.63) is 71.7 Å². The number of halogens is 2. The Hall–Kier alpha value is -3.06. The highest BCUT2D eigenvalue weighted by atomic mass is 19.1. The molecule has 2 heterocycles. The number of alkyl halides is 1. The van der Waals surface area contributed by atoms with Gasteiger partial charge in [-0.2, -0.15) is 0 Å². The molecular formula is C30H36F2N2O3. The molecule has 2 aromatic carbocycles. The third-order valence-electron chi connectivity index (χ3n) is 7.65. The number of hydrogen-bond donors (Lipinski definition) is 1. The van der Waals surface area contributed by atoms with Crippen LogP contribution in [0.5, 0.6) is 5.75 Å². The maximum absolute atomic E-state index is 15.5. The summed E-state index contributed by atoms with van der Waals surface area (Å²) in [5.74, 6) is -0.127. The molecule has 7 heteroatoms. The average Bonchev–Trinajstić information content (AvgIpc) is 2.90. The first kappa shape index (κ1) is 27.0. The van der Waals surface area contributed by atoms with Crippen LogP contribution < -0.4 is 4.74 Å². The van der Waals surface area contributed by atoms with Gasteiger partial charge < -0.3 is 14.7 Å². The molecule has 0 saturated carbocycles. The Bertz CT molecular complexity index is 1190. The van der Waals surface area contributed by atoms with E-state index in [4.69, 9.17) is 4.74 Å². The average molecular weight is 511 g/mol. The number of aryl methyl sites for hydroxylation is 1. The lowest BCUT2D eigenvalue weighted by Gasteiger charge is -2.38. The Labute approximate surface area is 217 Å². The zero-order chi connectivity index (χ0) is 26.2. The first-order valence-corrected chi connectivity index (χ1v) is 13.2. The smallest absolute Gasteiger partial charge is 0.303 e. The summed E-state index contributed by atoms with van der Waals surface area (Å²) in [6.07, 6.45) is 4.96. The molecule has 1 fully saturated rings. The number of pyridine rings is 1. The first-order valence-electron chi connectivity index (χ1n) is 13.2. The lowest BCUT2D eigenvalue weighted by atomic mass is 9.79. The van der Waals surface area contributed by atoms with E-state index >= 15 is 4.39 Å². The number of aliphatic carboxylic acids is 1. The van der Waals surface area contributed by atoms with Gasteiger partial charge in [0.15, 0.2) is 0 Å². The van der Waals surface area contributed by atoms with Gasteiger partial charge in [0, 0.05) is 24.5 Å². The van der Waals surface area contributed by atoms with Gasteiger partial charge in [0.25, 0.3) is 0 Å². The molecule has 3 atom stereocenters. The molecule has 1 aromatic heterocycles. The maximum atomic E-state index is 15.5. The lowest BCUT2D eigenvalue weighted by molar-refractivity contribution is -0.139. The normalized spacial score (nSPS) is 19.1. The van der Waals surface area contributed by atoms with Crippen molar-refractivity contribution in [3.8, 4) is 5.75 Å². The Morgan fingerprint density at radius 1 is 1.19 bits per heavy atom. The number of carboxylic acid groups (broad SMARTS) is 1. The Morgan fingerprint density at radius 3 is 2.81 bits per heavy atom. The van der Waals surface area contributed by atoms with Gasteiger partial charge in [-0.1, -0.05) is 18.2 Å². The van der Waals surface area contributed by atoms with Crippen LogP contribution in [0.3, 0.4) is 0 Å². The molecule has 0 spiro atoms. The monoisotopic (exact) mass is 510 g/mol. The fourth-order valence-corrected chi connectivity index (χ4v) is 5.61. The summed E-state index contributed by atoms with van der Waals surface area (Å²) in [4.78, 5) is 18.3. The Kier molecular flexibility index (Phi) is 9.45. The quantitative estimate of drug-likeness (QED) is 0.278. The second-order valence-corrected chi connectivity index (χ2v) is 10.1. The van der Waals surface area contributed by atoms with Gasteiger partial charge in [-0.3, -0.25) is 9.78 Å². The molecule has 37 heavy (non-hydrogen) atoms. The van der Waals surface area contributed by atoms with E-state index in [1.807, 2.05) is 30.3 Å². The molecular weight excluding hydrogens is 474 g/mol. The van der Waals surface area contributed by atoms with Crippen LogP contribution in [0.15, 0.2) is 54.7 Å². The highest BCUT2D eigenvalue weighted by Crippen LogP contribution is 2.36. The fourth-order valence-electron chi connectivity index (χ4n) is 5.61. The molecule has 4 rings (SSSR count). The van der Waals surface area contributed by atoms with E-state index in [2.05, 4.69) is 9.88 Å². The topological polar surface area (TPSA) is 62.7 Å². The molecule has 5 nitrogen and oxygen atoms in total.